The maximum absolute atomic E-state index is 6.00. The van der Waals surface area contributed by atoms with Crippen LogP contribution in [0.1, 0.15) is 36.5 Å². The second-order valence-corrected chi connectivity index (χ2v) is 7.59. The summed E-state index contributed by atoms with van der Waals surface area (Å²) in [5.41, 5.74) is 3.96. The summed E-state index contributed by atoms with van der Waals surface area (Å²) in [5.74, 6) is 0.951. The van der Waals surface area contributed by atoms with Gasteiger partial charge in [-0.2, -0.15) is 0 Å². The predicted octanol–water partition coefficient (Wildman–Crippen LogP) is 4.03. The third-order valence-electron chi connectivity index (χ3n) is 5.51. The Morgan fingerprint density at radius 2 is 1.71 bits per heavy atom. The quantitative estimate of drug-likeness (QED) is 0.673. The van der Waals surface area contributed by atoms with Gasteiger partial charge in [-0.15, -0.1) is 0 Å². The number of hydrogen-bond acceptors (Lipinski definition) is 4. The molecule has 1 fully saturated rings. The van der Waals surface area contributed by atoms with Crippen LogP contribution in [-0.4, -0.2) is 44.4 Å². The summed E-state index contributed by atoms with van der Waals surface area (Å²) in [7, 11) is 2.19. The normalized spacial score (nSPS) is 15.1. The molecule has 0 spiro atoms. The fraction of sp³-hybridized carbons (Fsp3) is 0.500. The van der Waals surface area contributed by atoms with E-state index in [2.05, 4.69) is 66.7 Å². The van der Waals surface area contributed by atoms with Crippen LogP contribution in [0.4, 0.5) is 0 Å². The minimum Gasteiger partial charge on any atom is -0.492 e. The van der Waals surface area contributed by atoms with Crippen LogP contribution in [0.25, 0.3) is 0 Å². The number of nitrogens with zero attached hydrogens (tertiary/aromatic N) is 1. The lowest BCUT2D eigenvalue weighted by atomic mass is 10.1. The van der Waals surface area contributed by atoms with Crippen molar-refractivity contribution in [3.63, 3.8) is 0 Å². The molecule has 1 aliphatic rings. The first-order valence-electron chi connectivity index (χ1n) is 10.5. The smallest absolute Gasteiger partial charge is 0.119 e. The molecule has 2 aromatic rings. The Morgan fingerprint density at radius 1 is 1.00 bits per heavy atom. The van der Waals surface area contributed by atoms with Gasteiger partial charge in [0.1, 0.15) is 12.4 Å². The first kappa shape index (κ1) is 20.8. The summed E-state index contributed by atoms with van der Waals surface area (Å²) in [6.45, 7) is 7.34. The van der Waals surface area contributed by atoms with Crippen molar-refractivity contribution in [2.75, 3.05) is 33.4 Å². The molecule has 0 amide bonds. The van der Waals surface area contributed by atoms with Gasteiger partial charge in [-0.1, -0.05) is 43.3 Å². The maximum Gasteiger partial charge on any atom is 0.119 e. The maximum atomic E-state index is 6.00. The van der Waals surface area contributed by atoms with Gasteiger partial charge in [0.2, 0.25) is 0 Å². The van der Waals surface area contributed by atoms with E-state index < -0.39 is 0 Å². The van der Waals surface area contributed by atoms with E-state index in [9.17, 15) is 0 Å². The Morgan fingerprint density at radius 3 is 2.46 bits per heavy atom. The van der Waals surface area contributed by atoms with Crippen molar-refractivity contribution in [2.45, 2.75) is 45.3 Å². The summed E-state index contributed by atoms with van der Waals surface area (Å²) in [4.78, 5) is 2.40. The number of ether oxygens (including phenoxy) is 2. The molecule has 0 aliphatic carbocycles. The van der Waals surface area contributed by atoms with Gasteiger partial charge in [-0.25, -0.2) is 0 Å². The number of likely N-dealkylation sites (N-methyl/N-ethyl adjacent to an activating group) is 1. The highest BCUT2D eigenvalue weighted by molar-refractivity contribution is 5.28. The van der Waals surface area contributed by atoms with Gasteiger partial charge in [0.15, 0.2) is 0 Å². The number of hydrogen-bond donors (Lipinski definition) is 1. The lowest BCUT2D eigenvalue weighted by Gasteiger charge is -2.31. The molecule has 0 saturated carbocycles. The van der Waals surface area contributed by atoms with Gasteiger partial charge in [-0.3, -0.25) is 4.90 Å². The minimum atomic E-state index is 0.624. The molecule has 2 aromatic carbocycles. The van der Waals surface area contributed by atoms with E-state index in [-0.39, 0.29) is 0 Å². The zero-order chi connectivity index (χ0) is 19.6. The van der Waals surface area contributed by atoms with Gasteiger partial charge < -0.3 is 14.8 Å². The Hall–Kier alpha value is -1.88. The van der Waals surface area contributed by atoms with E-state index in [0.717, 1.165) is 57.9 Å². The molecule has 1 N–H and O–H groups in total. The van der Waals surface area contributed by atoms with Gasteiger partial charge >= 0.3 is 0 Å². The second-order valence-electron chi connectivity index (χ2n) is 7.59. The third kappa shape index (κ3) is 6.62. The zero-order valence-electron chi connectivity index (χ0n) is 17.3. The van der Waals surface area contributed by atoms with Gasteiger partial charge in [0.25, 0.3) is 0 Å². The Labute approximate surface area is 169 Å². The highest BCUT2D eigenvalue weighted by Gasteiger charge is 2.17. The summed E-state index contributed by atoms with van der Waals surface area (Å²) in [6.07, 6.45) is 3.34. The van der Waals surface area contributed by atoms with Crippen LogP contribution in [0.2, 0.25) is 0 Å². The van der Waals surface area contributed by atoms with Crippen LogP contribution in [0.5, 0.6) is 5.75 Å². The molecule has 0 unspecified atom stereocenters. The molecule has 152 valence electrons. The molecule has 0 radical (unpaired) electrons. The van der Waals surface area contributed by atoms with Crippen molar-refractivity contribution >= 4 is 0 Å². The summed E-state index contributed by atoms with van der Waals surface area (Å²) >= 11 is 0. The molecular formula is C24H34N2O2. The van der Waals surface area contributed by atoms with Crippen LogP contribution >= 0.6 is 0 Å². The van der Waals surface area contributed by atoms with Crippen molar-refractivity contribution in [1.29, 1.82) is 0 Å². The topological polar surface area (TPSA) is 33.7 Å². The van der Waals surface area contributed by atoms with E-state index in [0.29, 0.717) is 12.6 Å². The Bertz CT molecular complexity index is 696. The molecule has 1 aliphatic heterocycles. The van der Waals surface area contributed by atoms with Gasteiger partial charge in [-0.05, 0) is 55.1 Å². The fourth-order valence-corrected chi connectivity index (χ4v) is 3.61. The zero-order valence-corrected chi connectivity index (χ0v) is 17.3. The lowest BCUT2D eigenvalue weighted by molar-refractivity contribution is 0.0392. The molecule has 4 nitrogen and oxygen atoms in total. The van der Waals surface area contributed by atoms with Crippen LogP contribution in [0.15, 0.2) is 48.5 Å². The average molecular weight is 383 g/mol. The molecule has 0 atom stereocenters. The molecule has 28 heavy (non-hydrogen) atoms. The number of nitrogens with one attached hydrogen (secondary N) is 1. The monoisotopic (exact) mass is 382 g/mol. The predicted molar refractivity (Wildman–Crippen MR) is 115 cm³/mol. The molecule has 0 bridgehead atoms. The van der Waals surface area contributed by atoms with Crippen LogP contribution in [-0.2, 0) is 24.2 Å². The van der Waals surface area contributed by atoms with Crippen molar-refractivity contribution in [1.82, 2.24) is 10.2 Å². The first-order valence-corrected chi connectivity index (χ1v) is 10.5. The van der Waals surface area contributed by atoms with Crippen LogP contribution in [0, 0.1) is 0 Å². The number of benzene rings is 2. The highest BCUT2D eigenvalue weighted by Crippen LogP contribution is 2.15. The van der Waals surface area contributed by atoms with E-state index in [1.54, 1.807) is 0 Å². The van der Waals surface area contributed by atoms with Crippen molar-refractivity contribution in [2.24, 2.45) is 0 Å². The Balaban J connectivity index is 1.39. The van der Waals surface area contributed by atoms with Gasteiger partial charge in [0, 0.05) is 38.9 Å². The standard InChI is InChI=1S/C24H34N2O2/c1-3-20-7-9-21(10-8-20)18-25-19-22-5-4-6-24(17-22)28-16-13-26(2)23-11-14-27-15-12-23/h4-10,17,23,25H,3,11-16,18-19H2,1-2H3. The number of aryl methyl sites for hydroxylation is 1. The van der Waals surface area contributed by atoms with Crippen LogP contribution < -0.4 is 10.1 Å². The molecule has 4 heteroatoms. The Kier molecular flexibility index (Phi) is 8.34. The van der Waals surface area contributed by atoms with Gasteiger partial charge in [0.05, 0.1) is 0 Å². The largest absolute Gasteiger partial charge is 0.492 e. The fourth-order valence-electron chi connectivity index (χ4n) is 3.61. The molecule has 3 rings (SSSR count). The molecule has 0 aromatic heterocycles. The summed E-state index contributed by atoms with van der Waals surface area (Å²) < 4.78 is 11.4. The van der Waals surface area contributed by atoms with Crippen molar-refractivity contribution < 1.29 is 9.47 Å². The molecular weight excluding hydrogens is 348 g/mol. The molecule has 1 heterocycles. The van der Waals surface area contributed by atoms with Crippen molar-refractivity contribution in [3.8, 4) is 5.75 Å². The minimum absolute atomic E-state index is 0.624. The van der Waals surface area contributed by atoms with E-state index >= 15 is 0 Å². The SMILES string of the molecule is CCc1ccc(CNCc2cccc(OCCN(C)C3CCOCC3)c2)cc1. The number of rotatable bonds is 10. The second kappa shape index (κ2) is 11.2. The van der Waals surface area contributed by atoms with E-state index in [1.807, 2.05) is 6.07 Å². The summed E-state index contributed by atoms with van der Waals surface area (Å²) in [5, 5.41) is 3.52. The van der Waals surface area contributed by atoms with E-state index in [1.165, 1.54) is 16.7 Å². The highest BCUT2D eigenvalue weighted by atomic mass is 16.5. The lowest BCUT2D eigenvalue weighted by Crippen LogP contribution is -2.38. The van der Waals surface area contributed by atoms with Crippen LogP contribution in [0.3, 0.4) is 0 Å². The summed E-state index contributed by atoms with van der Waals surface area (Å²) in [6, 6.07) is 17.9. The van der Waals surface area contributed by atoms with Crippen molar-refractivity contribution in [3.05, 3.63) is 65.2 Å². The first-order chi connectivity index (χ1) is 13.7. The van der Waals surface area contributed by atoms with E-state index in [4.69, 9.17) is 9.47 Å². The third-order valence-corrected chi connectivity index (χ3v) is 5.51. The molecule has 1 saturated heterocycles. The average Bonchev–Trinajstić information content (AvgIpc) is 2.75.